The smallest absolute Gasteiger partial charge is 0.260 e. The number of nitrogens with zero attached hydrogens (tertiary/aromatic N) is 2. The van der Waals surface area contributed by atoms with Crippen molar-refractivity contribution in [3.63, 3.8) is 0 Å². The van der Waals surface area contributed by atoms with Gasteiger partial charge in [-0.25, -0.2) is 9.97 Å². The first-order valence-corrected chi connectivity index (χ1v) is 8.83. The summed E-state index contributed by atoms with van der Waals surface area (Å²) >= 11 is 4.66. The molecule has 0 fully saturated rings. The van der Waals surface area contributed by atoms with E-state index in [0.29, 0.717) is 16.9 Å². The van der Waals surface area contributed by atoms with Crippen LogP contribution in [0.1, 0.15) is 4.88 Å². The molecule has 1 N–H and O–H groups in total. The molecule has 0 aromatic carbocycles. The summed E-state index contributed by atoms with van der Waals surface area (Å²) in [6.07, 6.45) is 0. The number of aromatic amines is 1. The van der Waals surface area contributed by atoms with Crippen molar-refractivity contribution in [2.45, 2.75) is 6.92 Å². The molecule has 0 aliphatic heterocycles. The first-order chi connectivity index (χ1) is 10.2. The van der Waals surface area contributed by atoms with Crippen molar-refractivity contribution in [1.29, 1.82) is 0 Å². The lowest BCUT2D eigenvalue weighted by atomic mass is 10.2. The van der Waals surface area contributed by atoms with Crippen LogP contribution < -0.4 is 5.56 Å². The second-order valence-corrected chi connectivity index (χ2v) is 7.39. The lowest BCUT2D eigenvalue weighted by molar-refractivity contribution is 1.16. The largest absolute Gasteiger partial charge is 0.305 e. The minimum Gasteiger partial charge on any atom is -0.305 e. The maximum absolute atomic E-state index is 12.4. The normalized spacial score (nSPS) is 11.3. The van der Waals surface area contributed by atoms with Gasteiger partial charge in [0.25, 0.3) is 5.56 Å². The number of hydrogen-bond donors (Lipinski definition) is 1. The van der Waals surface area contributed by atoms with Gasteiger partial charge in [0.05, 0.1) is 10.9 Å². The number of nitrogens with one attached hydrogen (secondary N) is 1. The highest BCUT2D eigenvalue weighted by Crippen LogP contribution is 2.35. The summed E-state index contributed by atoms with van der Waals surface area (Å²) in [6, 6.07) is 4.12. The van der Waals surface area contributed by atoms with Gasteiger partial charge in [-0.1, -0.05) is 0 Å². The van der Waals surface area contributed by atoms with E-state index in [1.165, 1.54) is 27.6 Å². The number of H-pyrrole nitrogens is 1. The van der Waals surface area contributed by atoms with Crippen LogP contribution in [0, 0.1) is 6.92 Å². The van der Waals surface area contributed by atoms with Crippen LogP contribution in [-0.2, 0) is 0 Å². The number of aryl methyl sites for hydroxylation is 1. The summed E-state index contributed by atoms with van der Waals surface area (Å²) in [5.41, 5.74) is 3.30. The molecule has 0 bridgehead atoms. The number of fused-ring (bicyclic) bond motifs is 1. The summed E-state index contributed by atoms with van der Waals surface area (Å²) < 4.78 is 0. The first-order valence-electron chi connectivity index (χ1n) is 6.19. The van der Waals surface area contributed by atoms with Crippen molar-refractivity contribution in [1.82, 2.24) is 15.0 Å². The molecule has 0 aliphatic rings. The average Bonchev–Trinajstić information content (AvgIpc) is 3.17. The van der Waals surface area contributed by atoms with E-state index in [1.54, 1.807) is 16.8 Å². The molecule has 4 aromatic heterocycles. The minimum absolute atomic E-state index is 0.106. The highest BCUT2D eigenvalue weighted by molar-refractivity contribution is 7.19. The molecule has 4 aromatic rings. The fourth-order valence-corrected chi connectivity index (χ4v) is 4.60. The molecule has 0 atom stereocenters. The zero-order valence-electron chi connectivity index (χ0n) is 10.9. The van der Waals surface area contributed by atoms with E-state index < -0.39 is 0 Å². The summed E-state index contributed by atoms with van der Waals surface area (Å²) in [5, 5.41) is 4.55. The number of thiophene rings is 2. The van der Waals surface area contributed by atoms with Crippen LogP contribution in [0.5, 0.6) is 0 Å². The molecule has 104 valence electrons. The molecule has 0 aliphatic carbocycles. The number of rotatable bonds is 2. The van der Waals surface area contributed by atoms with E-state index in [-0.39, 0.29) is 5.56 Å². The zero-order chi connectivity index (χ0) is 14.4. The van der Waals surface area contributed by atoms with Crippen LogP contribution in [0.25, 0.3) is 32.2 Å². The summed E-state index contributed by atoms with van der Waals surface area (Å²) in [5.74, 6) is 0.532. The molecule has 0 spiro atoms. The SMILES string of the molecule is Cc1ccc(-c2csc3nc(-c4cscn4)[nH]c(=O)c23)s1. The highest BCUT2D eigenvalue weighted by Gasteiger charge is 2.15. The quantitative estimate of drug-likeness (QED) is 0.600. The molecular weight excluding hydrogens is 322 g/mol. The third kappa shape index (κ3) is 2.14. The Morgan fingerprint density at radius 3 is 2.86 bits per heavy atom. The van der Waals surface area contributed by atoms with Gasteiger partial charge in [-0.05, 0) is 19.1 Å². The Morgan fingerprint density at radius 2 is 2.14 bits per heavy atom. The van der Waals surface area contributed by atoms with Crippen molar-refractivity contribution in [2.75, 3.05) is 0 Å². The van der Waals surface area contributed by atoms with Crippen LogP contribution in [-0.4, -0.2) is 15.0 Å². The Balaban J connectivity index is 1.96. The molecule has 0 saturated carbocycles. The van der Waals surface area contributed by atoms with E-state index in [0.717, 1.165) is 15.3 Å². The van der Waals surface area contributed by atoms with Gasteiger partial charge in [0.1, 0.15) is 10.5 Å². The number of hydrogen-bond acceptors (Lipinski definition) is 6. The Morgan fingerprint density at radius 1 is 1.24 bits per heavy atom. The Labute approximate surface area is 131 Å². The molecule has 4 nitrogen and oxygen atoms in total. The molecule has 0 unspecified atom stereocenters. The van der Waals surface area contributed by atoms with Gasteiger partial charge in [0.15, 0.2) is 5.82 Å². The second-order valence-electron chi connectivity index (χ2n) is 4.53. The number of aromatic nitrogens is 3. The van der Waals surface area contributed by atoms with Gasteiger partial charge >= 0.3 is 0 Å². The maximum Gasteiger partial charge on any atom is 0.260 e. The van der Waals surface area contributed by atoms with E-state index in [9.17, 15) is 4.79 Å². The van der Waals surface area contributed by atoms with Crippen molar-refractivity contribution in [3.05, 3.63) is 43.6 Å². The van der Waals surface area contributed by atoms with Crippen molar-refractivity contribution in [2.24, 2.45) is 0 Å². The predicted molar refractivity (Wildman–Crippen MR) is 89.4 cm³/mol. The van der Waals surface area contributed by atoms with Crippen LogP contribution in [0.4, 0.5) is 0 Å². The van der Waals surface area contributed by atoms with Gasteiger partial charge in [0, 0.05) is 26.1 Å². The van der Waals surface area contributed by atoms with Crippen molar-refractivity contribution >= 4 is 44.2 Å². The molecule has 21 heavy (non-hydrogen) atoms. The second kappa shape index (κ2) is 4.87. The summed E-state index contributed by atoms with van der Waals surface area (Å²) in [6.45, 7) is 2.06. The van der Waals surface area contributed by atoms with Gasteiger partial charge in [0.2, 0.25) is 0 Å². The van der Waals surface area contributed by atoms with Gasteiger partial charge in [-0.15, -0.1) is 34.0 Å². The molecule has 0 amide bonds. The standard InChI is InChI=1S/C14H9N3OS3/c1-7-2-3-10(21-7)8-4-20-14-11(8)13(18)16-12(17-14)9-5-19-6-15-9/h2-6H,1H3,(H,16,17,18). The molecule has 7 heteroatoms. The lowest BCUT2D eigenvalue weighted by Crippen LogP contribution is -2.08. The predicted octanol–water partition coefficient (Wildman–Crippen LogP) is 4.15. The fraction of sp³-hybridized carbons (Fsp3) is 0.0714. The van der Waals surface area contributed by atoms with Crippen LogP contribution in [0.3, 0.4) is 0 Å². The third-order valence-corrected chi connectivity index (χ3v) is 5.62. The van der Waals surface area contributed by atoms with Crippen LogP contribution >= 0.6 is 34.0 Å². The van der Waals surface area contributed by atoms with Crippen molar-refractivity contribution in [3.8, 4) is 22.0 Å². The first kappa shape index (κ1) is 12.9. The molecule has 0 radical (unpaired) electrons. The van der Waals surface area contributed by atoms with Crippen LogP contribution in [0.15, 0.2) is 33.2 Å². The van der Waals surface area contributed by atoms with Crippen molar-refractivity contribution < 1.29 is 0 Å². The highest BCUT2D eigenvalue weighted by atomic mass is 32.1. The molecule has 4 heterocycles. The number of thiazole rings is 1. The van der Waals surface area contributed by atoms with E-state index in [2.05, 4.69) is 34.0 Å². The topological polar surface area (TPSA) is 58.6 Å². The Kier molecular flexibility index (Phi) is 2.99. The van der Waals surface area contributed by atoms with Gasteiger partial charge in [-0.2, -0.15) is 0 Å². The van der Waals surface area contributed by atoms with E-state index in [4.69, 9.17) is 0 Å². The van der Waals surface area contributed by atoms with Gasteiger partial charge < -0.3 is 4.98 Å². The zero-order valence-corrected chi connectivity index (χ0v) is 13.4. The monoisotopic (exact) mass is 331 g/mol. The third-order valence-electron chi connectivity index (χ3n) is 3.12. The summed E-state index contributed by atoms with van der Waals surface area (Å²) in [7, 11) is 0. The lowest BCUT2D eigenvalue weighted by Gasteiger charge is -1.98. The van der Waals surface area contributed by atoms with Crippen LogP contribution in [0.2, 0.25) is 0 Å². The summed E-state index contributed by atoms with van der Waals surface area (Å²) in [4.78, 5) is 27.1. The Hall–Kier alpha value is -1.83. The average molecular weight is 331 g/mol. The molecular formula is C14H9N3OS3. The maximum atomic E-state index is 12.4. The van der Waals surface area contributed by atoms with E-state index in [1.807, 2.05) is 10.8 Å². The fourth-order valence-electron chi connectivity index (χ4n) is 2.16. The van der Waals surface area contributed by atoms with E-state index >= 15 is 0 Å². The molecule has 4 rings (SSSR count). The minimum atomic E-state index is -0.106. The molecule has 0 saturated heterocycles. The Bertz CT molecular complexity index is 979. The van der Waals surface area contributed by atoms with Gasteiger partial charge in [-0.3, -0.25) is 4.79 Å².